The van der Waals surface area contributed by atoms with E-state index < -0.39 is 5.97 Å². The third-order valence-corrected chi connectivity index (χ3v) is 3.57. The number of carbonyl (C=O) groups is 1. The SMILES string of the molecule is Cn1nc(-c2ccccc2)c(CC(=O)O)c1-c1ccccc1. The van der Waals surface area contributed by atoms with Crippen LogP contribution in [0, 0.1) is 0 Å². The molecule has 0 unspecified atom stereocenters. The summed E-state index contributed by atoms with van der Waals surface area (Å²) in [4.78, 5) is 11.3. The monoisotopic (exact) mass is 292 g/mol. The quantitative estimate of drug-likeness (QED) is 0.802. The lowest BCUT2D eigenvalue weighted by molar-refractivity contribution is -0.136. The molecule has 3 rings (SSSR count). The van der Waals surface area contributed by atoms with Crippen molar-refractivity contribution in [2.45, 2.75) is 6.42 Å². The van der Waals surface area contributed by atoms with E-state index in [1.54, 1.807) is 4.68 Å². The molecule has 0 aliphatic heterocycles. The molecule has 0 atom stereocenters. The smallest absolute Gasteiger partial charge is 0.307 e. The van der Waals surface area contributed by atoms with Crippen LogP contribution in [-0.4, -0.2) is 20.9 Å². The Bertz CT molecular complexity index is 793. The second-order valence-electron chi connectivity index (χ2n) is 5.10. The maximum absolute atomic E-state index is 11.3. The summed E-state index contributed by atoms with van der Waals surface area (Å²) in [5.41, 5.74) is 4.21. The topological polar surface area (TPSA) is 55.1 Å². The van der Waals surface area contributed by atoms with E-state index >= 15 is 0 Å². The normalized spacial score (nSPS) is 10.6. The van der Waals surface area contributed by atoms with Gasteiger partial charge in [0.1, 0.15) is 0 Å². The zero-order valence-electron chi connectivity index (χ0n) is 12.2. The van der Waals surface area contributed by atoms with Crippen molar-refractivity contribution in [3.63, 3.8) is 0 Å². The average molecular weight is 292 g/mol. The Morgan fingerprint density at radius 1 is 1.00 bits per heavy atom. The van der Waals surface area contributed by atoms with Crippen LogP contribution in [0.5, 0.6) is 0 Å². The molecule has 0 saturated carbocycles. The van der Waals surface area contributed by atoms with Crippen LogP contribution in [0.4, 0.5) is 0 Å². The van der Waals surface area contributed by atoms with Gasteiger partial charge in [-0.25, -0.2) is 0 Å². The summed E-state index contributed by atoms with van der Waals surface area (Å²) in [7, 11) is 1.85. The Hall–Kier alpha value is -2.88. The fourth-order valence-electron chi connectivity index (χ4n) is 2.67. The molecule has 1 aromatic heterocycles. The number of aromatic nitrogens is 2. The molecule has 22 heavy (non-hydrogen) atoms. The van der Waals surface area contributed by atoms with Gasteiger partial charge in [-0.3, -0.25) is 9.48 Å². The Morgan fingerprint density at radius 2 is 1.55 bits per heavy atom. The van der Waals surface area contributed by atoms with E-state index in [9.17, 15) is 9.90 Å². The van der Waals surface area contributed by atoms with E-state index in [2.05, 4.69) is 5.10 Å². The van der Waals surface area contributed by atoms with Gasteiger partial charge in [0.2, 0.25) is 0 Å². The molecule has 110 valence electrons. The number of carboxylic acid groups (broad SMARTS) is 1. The summed E-state index contributed by atoms with van der Waals surface area (Å²) >= 11 is 0. The minimum atomic E-state index is -0.859. The Labute approximate surface area is 128 Å². The molecule has 0 bridgehead atoms. The van der Waals surface area contributed by atoms with Crippen molar-refractivity contribution >= 4 is 5.97 Å². The van der Waals surface area contributed by atoms with E-state index in [0.717, 1.165) is 28.1 Å². The maximum Gasteiger partial charge on any atom is 0.307 e. The van der Waals surface area contributed by atoms with E-state index in [0.29, 0.717) is 0 Å². The third-order valence-electron chi connectivity index (χ3n) is 3.57. The lowest BCUT2D eigenvalue weighted by Gasteiger charge is -2.06. The highest BCUT2D eigenvalue weighted by atomic mass is 16.4. The lowest BCUT2D eigenvalue weighted by atomic mass is 9.99. The van der Waals surface area contributed by atoms with Gasteiger partial charge in [-0.15, -0.1) is 0 Å². The molecular weight excluding hydrogens is 276 g/mol. The van der Waals surface area contributed by atoms with Gasteiger partial charge in [0.25, 0.3) is 0 Å². The van der Waals surface area contributed by atoms with Gasteiger partial charge in [-0.2, -0.15) is 5.10 Å². The number of nitrogens with zero attached hydrogens (tertiary/aromatic N) is 2. The number of hydrogen-bond donors (Lipinski definition) is 1. The van der Waals surface area contributed by atoms with Crippen LogP contribution in [0.25, 0.3) is 22.5 Å². The van der Waals surface area contributed by atoms with Crippen LogP contribution < -0.4 is 0 Å². The lowest BCUT2D eigenvalue weighted by Crippen LogP contribution is -2.03. The van der Waals surface area contributed by atoms with Gasteiger partial charge in [0.05, 0.1) is 17.8 Å². The molecule has 4 heteroatoms. The molecule has 0 spiro atoms. The molecule has 1 heterocycles. The van der Waals surface area contributed by atoms with Crippen LogP contribution in [0.1, 0.15) is 5.56 Å². The van der Waals surface area contributed by atoms with Crippen molar-refractivity contribution in [1.82, 2.24) is 9.78 Å². The van der Waals surface area contributed by atoms with Crippen molar-refractivity contribution < 1.29 is 9.90 Å². The first kappa shape index (κ1) is 14.1. The molecule has 4 nitrogen and oxygen atoms in total. The van der Waals surface area contributed by atoms with Crippen molar-refractivity contribution in [2.75, 3.05) is 0 Å². The fourth-order valence-corrected chi connectivity index (χ4v) is 2.67. The van der Waals surface area contributed by atoms with Crippen LogP contribution in [0.3, 0.4) is 0 Å². The average Bonchev–Trinajstić information content (AvgIpc) is 2.85. The molecule has 0 amide bonds. The number of rotatable bonds is 4. The first-order chi connectivity index (χ1) is 10.7. The van der Waals surface area contributed by atoms with Crippen LogP contribution in [-0.2, 0) is 18.3 Å². The van der Waals surface area contributed by atoms with Crippen molar-refractivity contribution in [2.24, 2.45) is 7.05 Å². The van der Waals surface area contributed by atoms with Gasteiger partial charge < -0.3 is 5.11 Å². The van der Waals surface area contributed by atoms with Crippen molar-refractivity contribution in [3.05, 3.63) is 66.2 Å². The predicted octanol–water partition coefficient (Wildman–Crippen LogP) is 3.38. The largest absolute Gasteiger partial charge is 0.481 e. The zero-order valence-corrected chi connectivity index (χ0v) is 12.2. The Morgan fingerprint density at radius 3 is 2.09 bits per heavy atom. The second kappa shape index (κ2) is 5.85. The van der Waals surface area contributed by atoms with Crippen molar-refractivity contribution in [3.8, 4) is 22.5 Å². The number of carboxylic acids is 1. The Kier molecular flexibility index (Phi) is 3.74. The van der Waals surface area contributed by atoms with Gasteiger partial charge in [0, 0.05) is 23.7 Å². The molecule has 0 radical (unpaired) electrons. The second-order valence-corrected chi connectivity index (χ2v) is 5.10. The summed E-state index contributed by atoms with van der Waals surface area (Å²) in [6, 6.07) is 19.4. The summed E-state index contributed by atoms with van der Waals surface area (Å²) in [6.45, 7) is 0. The van der Waals surface area contributed by atoms with E-state index in [1.807, 2.05) is 67.7 Å². The molecule has 0 aliphatic carbocycles. The van der Waals surface area contributed by atoms with E-state index in [1.165, 1.54) is 0 Å². The van der Waals surface area contributed by atoms with Crippen molar-refractivity contribution in [1.29, 1.82) is 0 Å². The molecule has 1 N–H and O–H groups in total. The van der Waals surface area contributed by atoms with Crippen LogP contribution in [0.15, 0.2) is 60.7 Å². The van der Waals surface area contributed by atoms with Gasteiger partial charge in [0.15, 0.2) is 0 Å². The zero-order chi connectivity index (χ0) is 15.5. The molecule has 0 fully saturated rings. The van der Waals surface area contributed by atoms with E-state index in [-0.39, 0.29) is 6.42 Å². The van der Waals surface area contributed by atoms with Crippen LogP contribution in [0.2, 0.25) is 0 Å². The molecule has 0 aliphatic rings. The summed E-state index contributed by atoms with van der Waals surface area (Å²) < 4.78 is 1.76. The first-order valence-electron chi connectivity index (χ1n) is 7.05. The fraction of sp³-hybridized carbons (Fsp3) is 0.111. The maximum atomic E-state index is 11.3. The summed E-state index contributed by atoms with van der Waals surface area (Å²) in [6.07, 6.45) is -0.0533. The minimum absolute atomic E-state index is 0.0533. The number of benzene rings is 2. The van der Waals surface area contributed by atoms with Gasteiger partial charge in [-0.1, -0.05) is 60.7 Å². The molecule has 2 aromatic carbocycles. The number of aliphatic carboxylic acids is 1. The number of hydrogen-bond acceptors (Lipinski definition) is 2. The highest BCUT2D eigenvalue weighted by molar-refractivity contribution is 5.81. The van der Waals surface area contributed by atoms with Gasteiger partial charge in [-0.05, 0) is 0 Å². The highest BCUT2D eigenvalue weighted by Crippen LogP contribution is 2.32. The van der Waals surface area contributed by atoms with Gasteiger partial charge >= 0.3 is 5.97 Å². The highest BCUT2D eigenvalue weighted by Gasteiger charge is 2.20. The molecule has 3 aromatic rings. The first-order valence-corrected chi connectivity index (χ1v) is 7.05. The third kappa shape index (κ3) is 2.63. The van der Waals surface area contributed by atoms with Crippen LogP contribution >= 0.6 is 0 Å². The Balaban J connectivity index is 2.22. The summed E-state index contributed by atoms with van der Waals surface area (Å²) in [5.74, 6) is -0.859. The standard InChI is InChI=1S/C18H16N2O2/c1-20-18(14-10-6-3-7-11-14)15(12-16(21)22)17(19-20)13-8-4-2-5-9-13/h2-11H,12H2,1H3,(H,21,22). The predicted molar refractivity (Wildman–Crippen MR) is 85.4 cm³/mol. The molecule has 0 saturated heterocycles. The number of aryl methyl sites for hydroxylation is 1. The molecular formula is C18H16N2O2. The minimum Gasteiger partial charge on any atom is -0.481 e. The summed E-state index contributed by atoms with van der Waals surface area (Å²) in [5, 5.41) is 13.8. The van der Waals surface area contributed by atoms with E-state index in [4.69, 9.17) is 0 Å².